The molecule has 102 valence electrons. The summed E-state index contributed by atoms with van der Waals surface area (Å²) in [5.74, 6) is 0.851. The number of aryl methyl sites for hydroxylation is 1. The predicted molar refractivity (Wildman–Crippen MR) is 76.4 cm³/mol. The number of ether oxygens (including phenoxy) is 1. The van der Waals surface area contributed by atoms with Crippen molar-refractivity contribution >= 4 is 0 Å². The molecule has 1 aromatic rings. The van der Waals surface area contributed by atoms with Crippen LogP contribution in [0.4, 0.5) is 0 Å². The molecule has 1 N–H and O–H groups in total. The molecule has 0 saturated carbocycles. The zero-order chi connectivity index (χ0) is 13.2. The lowest BCUT2D eigenvalue weighted by Crippen LogP contribution is -1.93. The lowest BCUT2D eigenvalue weighted by molar-refractivity contribution is 0.318. The summed E-state index contributed by atoms with van der Waals surface area (Å²) in [4.78, 5) is 0. The van der Waals surface area contributed by atoms with Gasteiger partial charge < -0.3 is 9.84 Å². The van der Waals surface area contributed by atoms with Crippen LogP contribution in [-0.4, -0.2) is 11.7 Å². The number of phenols is 1. The molecule has 0 bridgehead atoms. The van der Waals surface area contributed by atoms with Gasteiger partial charge in [0, 0.05) is 0 Å². The largest absolute Gasteiger partial charge is 0.504 e. The molecule has 0 aliphatic carbocycles. The highest BCUT2D eigenvalue weighted by Crippen LogP contribution is 2.27. The average Bonchev–Trinajstić information content (AvgIpc) is 2.37. The molecule has 0 unspecified atom stereocenters. The molecule has 0 amide bonds. The summed E-state index contributed by atoms with van der Waals surface area (Å²) < 4.78 is 5.31. The lowest BCUT2D eigenvalue weighted by Gasteiger charge is -2.08. The van der Waals surface area contributed by atoms with Crippen molar-refractivity contribution in [3.05, 3.63) is 23.8 Å². The van der Waals surface area contributed by atoms with E-state index in [1.165, 1.54) is 44.1 Å². The van der Waals surface area contributed by atoms with E-state index in [2.05, 4.69) is 13.0 Å². The van der Waals surface area contributed by atoms with Gasteiger partial charge in [0.05, 0.1) is 6.61 Å². The monoisotopic (exact) mass is 250 g/mol. The van der Waals surface area contributed by atoms with Crippen LogP contribution < -0.4 is 4.74 Å². The molecule has 18 heavy (non-hydrogen) atoms. The van der Waals surface area contributed by atoms with Crippen LogP contribution in [-0.2, 0) is 6.42 Å². The molecule has 0 spiro atoms. The minimum Gasteiger partial charge on any atom is -0.504 e. The number of unbranched alkanes of at least 4 members (excludes halogenated alkanes) is 5. The smallest absolute Gasteiger partial charge is 0.160 e. The quantitative estimate of drug-likeness (QED) is 0.644. The molecule has 1 rings (SSSR count). The van der Waals surface area contributed by atoms with Gasteiger partial charge in [-0.3, -0.25) is 0 Å². The highest BCUT2D eigenvalue weighted by molar-refractivity contribution is 5.41. The molecular formula is C16H26O2. The maximum atomic E-state index is 9.77. The lowest BCUT2D eigenvalue weighted by atomic mass is 10.0. The highest BCUT2D eigenvalue weighted by atomic mass is 16.5. The van der Waals surface area contributed by atoms with Crippen LogP contribution in [0.15, 0.2) is 18.2 Å². The van der Waals surface area contributed by atoms with E-state index < -0.39 is 0 Å². The Balaban J connectivity index is 2.28. The molecule has 0 saturated heterocycles. The van der Waals surface area contributed by atoms with Gasteiger partial charge >= 0.3 is 0 Å². The van der Waals surface area contributed by atoms with Crippen molar-refractivity contribution in [2.24, 2.45) is 0 Å². The second kappa shape index (κ2) is 8.84. The Labute approximate surface area is 111 Å². The van der Waals surface area contributed by atoms with E-state index in [0.29, 0.717) is 12.4 Å². The second-order valence-corrected chi connectivity index (χ2v) is 4.75. The summed E-state index contributed by atoms with van der Waals surface area (Å²) in [6.07, 6.45) is 8.87. The van der Waals surface area contributed by atoms with Crippen molar-refractivity contribution in [3.8, 4) is 11.5 Å². The molecule has 2 heteroatoms. The van der Waals surface area contributed by atoms with Crippen molar-refractivity contribution in [2.45, 2.75) is 58.8 Å². The predicted octanol–water partition coefficient (Wildman–Crippen LogP) is 4.69. The van der Waals surface area contributed by atoms with E-state index in [9.17, 15) is 5.11 Å². The topological polar surface area (TPSA) is 29.5 Å². The Hall–Kier alpha value is -1.18. The van der Waals surface area contributed by atoms with E-state index >= 15 is 0 Å². The number of aromatic hydroxyl groups is 1. The maximum absolute atomic E-state index is 9.77. The molecule has 2 nitrogen and oxygen atoms in total. The van der Waals surface area contributed by atoms with Crippen LogP contribution in [0.5, 0.6) is 11.5 Å². The van der Waals surface area contributed by atoms with Gasteiger partial charge in [0.15, 0.2) is 11.5 Å². The van der Waals surface area contributed by atoms with Gasteiger partial charge in [0.1, 0.15) is 0 Å². The highest BCUT2D eigenvalue weighted by Gasteiger charge is 2.03. The van der Waals surface area contributed by atoms with Crippen LogP contribution in [0.2, 0.25) is 0 Å². The first-order chi connectivity index (χ1) is 8.77. The SMILES string of the molecule is CCCCCCCCc1ccc(OCC)c(O)c1. The molecule has 1 aromatic carbocycles. The van der Waals surface area contributed by atoms with Gasteiger partial charge in [-0.1, -0.05) is 45.1 Å². The molecule has 0 radical (unpaired) electrons. The summed E-state index contributed by atoms with van der Waals surface area (Å²) >= 11 is 0. The molecule has 0 fully saturated rings. The van der Waals surface area contributed by atoms with Crippen LogP contribution in [0.25, 0.3) is 0 Å². The standard InChI is InChI=1S/C16H26O2/c1-3-5-6-7-8-9-10-14-11-12-16(18-4-2)15(17)13-14/h11-13,17H,3-10H2,1-2H3. The van der Waals surface area contributed by atoms with Crippen molar-refractivity contribution in [1.29, 1.82) is 0 Å². The number of hydrogen-bond donors (Lipinski definition) is 1. The molecule has 0 atom stereocenters. The van der Waals surface area contributed by atoms with Gasteiger partial charge in [-0.05, 0) is 37.5 Å². The summed E-state index contributed by atoms with van der Waals surface area (Å²) in [5.41, 5.74) is 1.20. The summed E-state index contributed by atoms with van der Waals surface area (Å²) in [7, 11) is 0. The van der Waals surface area contributed by atoms with Crippen molar-refractivity contribution in [2.75, 3.05) is 6.61 Å². The molecular weight excluding hydrogens is 224 g/mol. The van der Waals surface area contributed by atoms with E-state index in [1.807, 2.05) is 19.1 Å². The third-order valence-corrected chi connectivity index (χ3v) is 3.14. The van der Waals surface area contributed by atoms with E-state index in [1.54, 1.807) is 0 Å². The first kappa shape index (κ1) is 14.9. The first-order valence-corrected chi connectivity index (χ1v) is 7.22. The molecule has 0 aliphatic rings. The number of phenolic OH excluding ortho intramolecular Hbond substituents is 1. The number of hydrogen-bond acceptors (Lipinski definition) is 2. The number of rotatable bonds is 9. The van der Waals surface area contributed by atoms with Gasteiger partial charge in [-0.15, -0.1) is 0 Å². The van der Waals surface area contributed by atoms with Crippen LogP contribution >= 0.6 is 0 Å². The van der Waals surface area contributed by atoms with Crippen molar-refractivity contribution in [3.63, 3.8) is 0 Å². The summed E-state index contributed by atoms with van der Waals surface area (Å²) in [6, 6.07) is 5.75. The van der Waals surface area contributed by atoms with Crippen LogP contribution in [0.1, 0.15) is 57.9 Å². The Kier molecular flexibility index (Phi) is 7.31. The maximum Gasteiger partial charge on any atom is 0.160 e. The third kappa shape index (κ3) is 5.44. The zero-order valence-electron chi connectivity index (χ0n) is 11.7. The van der Waals surface area contributed by atoms with E-state index in [4.69, 9.17) is 4.74 Å². The molecule has 0 aromatic heterocycles. The van der Waals surface area contributed by atoms with Gasteiger partial charge in [-0.25, -0.2) is 0 Å². The molecule has 0 aliphatic heterocycles. The van der Waals surface area contributed by atoms with Crippen molar-refractivity contribution in [1.82, 2.24) is 0 Å². The normalized spacial score (nSPS) is 10.6. The molecule has 0 heterocycles. The van der Waals surface area contributed by atoms with Gasteiger partial charge in [0.25, 0.3) is 0 Å². The van der Waals surface area contributed by atoms with E-state index in [0.717, 1.165) is 6.42 Å². The van der Waals surface area contributed by atoms with Gasteiger partial charge in [-0.2, -0.15) is 0 Å². The third-order valence-electron chi connectivity index (χ3n) is 3.14. The Morgan fingerprint density at radius 1 is 1.00 bits per heavy atom. The zero-order valence-corrected chi connectivity index (χ0v) is 11.7. The fourth-order valence-electron chi connectivity index (χ4n) is 2.11. The van der Waals surface area contributed by atoms with Crippen LogP contribution in [0.3, 0.4) is 0 Å². The second-order valence-electron chi connectivity index (χ2n) is 4.75. The fraction of sp³-hybridized carbons (Fsp3) is 0.625. The average molecular weight is 250 g/mol. The van der Waals surface area contributed by atoms with Gasteiger partial charge in [0.2, 0.25) is 0 Å². The summed E-state index contributed by atoms with van der Waals surface area (Å²) in [6.45, 7) is 4.75. The number of benzene rings is 1. The van der Waals surface area contributed by atoms with Crippen molar-refractivity contribution < 1.29 is 9.84 Å². The minimum atomic E-state index is 0.264. The van der Waals surface area contributed by atoms with E-state index in [-0.39, 0.29) is 5.75 Å². The minimum absolute atomic E-state index is 0.264. The Morgan fingerprint density at radius 3 is 2.39 bits per heavy atom. The first-order valence-electron chi connectivity index (χ1n) is 7.22. The fourth-order valence-corrected chi connectivity index (χ4v) is 2.11. The Bertz CT molecular complexity index is 334. The van der Waals surface area contributed by atoms with Crippen LogP contribution in [0, 0.1) is 0 Å². The Morgan fingerprint density at radius 2 is 1.72 bits per heavy atom. The summed E-state index contributed by atoms with van der Waals surface area (Å²) in [5, 5.41) is 9.77.